The molecule has 3 aliphatic rings. The van der Waals surface area contributed by atoms with Gasteiger partial charge in [0.2, 0.25) is 5.78 Å². The second kappa shape index (κ2) is 9.53. The van der Waals surface area contributed by atoms with Crippen LogP contribution in [0.3, 0.4) is 0 Å². The number of hydrogen-bond acceptors (Lipinski definition) is 10. The number of Topliss-reactive ketones (excluding diaryl/α,β-unsaturated/α-hetero) is 1. The van der Waals surface area contributed by atoms with Crippen molar-refractivity contribution in [1.82, 2.24) is 0 Å². The minimum atomic E-state index is -0.991. The maximum Gasteiger partial charge on any atom is 0.202 e. The quantitative estimate of drug-likeness (QED) is 0.372. The monoisotopic (exact) mass is 512 g/mol. The topological polar surface area (TPSA) is 160 Å². The molecule has 10 nitrogen and oxygen atoms in total. The number of fused-ring (bicyclic) bond motifs is 3. The van der Waals surface area contributed by atoms with E-state index in [1.54, 1.807) is 13.0 Å². The van der Waals surface area contributed by atoms with Gasteiger partial charge in [-0.15, -0.1) is 0 Å². The summed E-state index contributed by atoms with van der Waals surface area (Å²) in [6.07, 6.45) is -2.20. The molecule has 37 heavy (non-hydrogen) atoms. The number of carbonyl (C=O) groups is 3. The molecule has 1 fully saturated rings. The van der Waals surface area contributed by atoms with Gasteiger partial charge in [0, 0.05) is 29.0 Å². The van der Waals surface area contributed by atoms with Gasteiger partial charge < -0.3 is 34.6 Å². The number of phenolic OH excluding ortho intramolecular Hbond substituents is 2. The second-order valence-electron chi connectivity index (χ2n) is 9.68. The van der Waals surface area contributed by atoms with Crippen molar-refractivity contribution in [2.75, 3.05) is 13.7 Å². The number of phenols is 2. The van der Waals surface area contributed by atoms with E-state index in [0.717, 1.165) is 0 Å². The van der Waals surface area contributed by atoms with Crippen molar-refractivity contribution in [3.8, 4) is 17.2 Å². The second-order valence-corrected chi connectivity index (χ2v) is 9.68. The van der Waals surface area contributed by atoms with Crippen LogP contribution in [0.15, 0.2) is 18.2 Å². The van der Waals surface area contributed by atoms with E-state index < -0.39 is 66.0 Å². The summed E-state index contributed by atoms with van der Waals surface area (Å²) in [6, 6.07) is 4.51. The van der Waals surface area contributed by atoms with Crippen molar-refractivity contribution in [2.45, 2.75) is 57.2 Å². The lowest BCUT2D eigenvalue weighted by Crippen LogP contribution is -2.39. The summed E-state index contributed by atoms with van der Waals surface area (Å²) in [4.78, 5) is 39.6. The zero-order valence-corrected chi connectivity index (χ0v) is 20.4. The number of methoxy groups -OCH3 is 1. The first-order valence-electron chi connectivity index (χ1n) is 12.2. The number of hydrogen-bond donors (Lipinski definition) is 4. The third-order valence-corrected chi connectivity index (χ3v) is 7.57. The van der Waals surface area contributed by atoms with Gasteiger partial charge in [-0.05, 0) is 32.3 Å². The summed E-state index contributed by atoms with van der Waals surface area (Å²) < 4.78 is 17.2. The fourth-order valence-electron chi connectivity index (χ4n) is 5.60. The summed E-state index contributed by atoms with van der Waals surface area (Å²) in [7, 11) is 1.36. The van der Waals surface area contributed by atoms with E-state index >= 15 is 0 Å². The molecule has 3 unspecified atom stereocenters. The third-order valence-electron chi connectivity index (χ3n) is 7.57. The number of benzene rings is 2. The average Bonchev–Trinajstić information content (AvgIpc) is 2.90. The van der Waals surface area contributed by atoms with Gasteiger partial charge in [0.05, 0.1) is 42.1 Å². The van der Waals surface area contributed by atoms with Crippen LogP contribution in [0.2, 0.25) is 0 Å². The molecule has 0 aromatic heterocycles. The van der Waals surface area contributed by atoms with Crippen LogP contribution in [-0.4, -0.2) is 70.0 Å². The highest BCUT2D eigenvalue weighted by Crippen LogP contribution is 2.51. The molecule has 10 heteroatoms. The van der Waals surface area contributed by atoms with E-state index in [0.29, 0.717) is 12.8 Å². The lowest BCUT2D eigenvalue weighted by molar-refractivity contribution is -0.239. The van der Waals surface area contributed by atoms with Gasteiger partial charge in [0.1, 0.15) is 23.9 Å². The van der Waals surface area contributed by atoms with Crippen molar-refractivity contribution >= 4 is 17.3 Å². The highest BCUT2D eigenvalue weighted by atomic mass is 16.7. The first-order valence-corrected chi connectivity index (χ1v) is 12.2. The number of aromatic hydroxyl groups is 2. The number of aliphatic hydroxyl groups excluding tert-OH is 2. The van der Waals surface area contributed by atoms with Crippen LogP contribution in [-0.2, 0) is 20.7 Å². The maximum atomic E-state index is 13.6. The summed E-state index contributed by atoms with van der Waals surface area (Å²) >= 11 is 0. The molecule has 0 saturated carbocycles. The van der Waals surface area contributed by atoms with Gasteiger partial charge in [-0.25, -0.2) is 0 Å². The smallest absolute Gasteiger partial charge is 0.202 e. The lowest BCUT2D eigenvalue weighted by atomic mass is 9.73. The number of carbonyl (C=O) groups excluding carboxylic acids is 3. The number of ether oxygens (including phenoxy) is 3. The van der Waals surface area contributed by atoms with E-state index in [1.165, 1.54) is 19.2 Å². The highest BCUT2D eigenvalue weighted by molar-refractivity contribution is 6.31. The molecule has 4 N–H and O–H groups in total. The van der Waals surface area contributed by atoms with E-state index in [2.05, 4.69) is 0 Å². The normalized spacial score (nSPS) is 26.8. The molecule has 1 aliphatic heterocycles. The van der Waals surface area contributed by atoms with Crippen molar-refractivity contribution in [2.24, 2.45) is 5.92 Å². The third kappa shape index (κ3) is 4.00. The molecular weight excluding hydrogens is 484 g/mol. The van der Waals surface area contributed by atoms with Crippen LogP contribution in [0.5, 0.6) is 17.2 Å². The summed E-state index contributed by atoms with van der Waals surface area (Å²) in [5, 5.41) is 42.2. The zero-order chi connectivity index (χ0) is 26.6. The van der Waals surface area contributed by atoms with Crippen LogP contribution in [0.4, 0.5) is 0 Å². The van der Waals surface area contributed by atoms with Gasteiger partial charge in [0.25, 0.3) is 0 Å². The van der Waals surface area contributed by atoms with E-state index in [-0.39, 0.29) is 52.0 Å². The molecule has 0 radical (unpaired) electrons. The molecule has 2 aromatic rings. The van der Waals surface area contributed by atoms with E-state index in [4.69, 9.17) is 14.2 Å². The molecule has 2 aliphatic carbocycles. The van der Waals surface area contributed by atoms with Gasteiger partial charge in [-0.3, -0.25) is 14.4 Å². The highest BCUT2D eigenvalue weighted by Gasteiger charge is 2.44. The van der Waals surface area contributed by atoms with Crippen LogP contribution < -0.4 is 4.74 Å². The van der Waals surface area contributed by atoms with Gasteiger partial charge >= 0.3 is 0 Å². The lowest BCUT2D eigenvalue weighted by Gasteiger charge is -2.38. The summed E-state index contributed by atoms with van der Waals surface area (Å²) in [6.45, 7) is 0.972. The molecule has 1 heterocycles. The molecule has 0 spiro atoms. The predicted octanol–water partition coefficient (Wildman–Crippen LogP) is 1.95. The van der Waals surface area contributed by atoms with Gasteiger partial charge in [-0.1, -0.05) is 12.1 Å². The van der Waals surface area contributed by atoms with Crippen LogP contribution in [0, 0.1) is 5.92 Å². The van der Waals surface area contributed by atoms with Crippen molar-refractivity contribution < 1.29 is 49.0 Å². The standard InChI is InChI=1S/C27H28O10/c1-11-15(29)6-7-19(36-11)37-18-9-12(16(30)10-28)8-14-21(18)27(34)23-22(25(14)32)24(31)13-4-3-5-17(35-2)20(13)26(23)33/h3-5,11-12,15,18-19,28-29,32,34H,6-10H2,1-2H3/t11?,12?,15-,18-,19?/m0/s1. The number of rotatable bonds is 5. The molecule has 0 amide bonds. The molecule has 0 bridgehead atoms. The van der Waals surface area contributed by atoms with Crippen LogP contribution in [0.1, 0.15) is 75.3 Å². The Morgan fingerprint density at radius 2 is 1.81 bits per heavy atom. The van der Waals surface area contributed by atoms with E-state index in [1.807, 2.05) is 0 Å². The van der Waals surface area contributed by atoms with Crippen LogP contribution in [0.25, 0.3) is 0 Å². The minimum absolute atomic E-state index is 0.0165. The van der Waals surface area contributed by atoms with Gasteiger partial charge in [0.15, 0.2) is 17.9 Å². The largest absolute Gasteiger partial charge is 0.507 e. The predicted molar refractivity (Wildman–Crippen MR) is 127 cm³/mol. The Hall–Kier alpha value is -3.31. The molecule has 5 rings (SSSR count). The number of aliphatic hydroxyl groups is 2. The Kier molecular flexibility index (Phi) is 6.53. The van der Waals surface area contributed by atoms with Crippen molar-refractivity contribution in [1.29, 1.82) is 0 Å². The summed E-state index contributed by atoms with van der Waals surface area (Å²) in [5.41, 5.74) is -0.482. The van der Waals surface area contributed by atoms with E-state index in [9.17, 15) is 34.8 Å². The average molecular weight is 513 g/mol. The Labute approximate surface area is 212 Å². The molecule has 5 atom stereocenters. The molecule has 196 valence electrons. The van der Waals surface area contributed by atoms with Crippen molar-refractivity contribution in [3.63, 3.8) is 0 Å². The SMILES string of the molecule is COc1cccc2c1C(=O)c1c(O)c3c(c(O)c1C2=O)CC(C(=O)CO)C[C@@H]3OC1CC[C@H](O)C(C)O1. The fraction of sp³-hybridized carbons (Fsp3) is 0.444. The molecule has 1 saturated heterocycles. The first-order chi connectivity index (χ1) is 17.7. The molecule has 2 aromatic carbocycles. The Morgan fingerprint density at radius 3 is 2.49 bits per heavy atom. The first kappa shape index (κ1) is 25.3. The molecular formula is C27H28O10. The Bertz CT molecular complexity index is 1300. The minimum Gasteiger partial charge on any atom is -0.507 e. The maximum absolute atomic E-state index is 13.6. The Balaban J connectivity index is 1.66. The number of ketones is 3. The fourth-order valence-corrected chi connectivity index (χ4v) is 5.60. The summed E-state index contributed by atoms with van der Waals surface area (Å²) in [5.74, 6) is -3.46. The van der Waals surface area contributed by atoms with Gasteiger partial charge in [-0.2, -0.15) is 0 Å². The van der Waals surface area contributed by atoms with Crippen molar-refractivity contribution in [3.05, 3.63) is 51.6 Å². The zero-order valence-electron chi connectivity index (χ0n) is 20.4. The van der Waals surface area contributed by atoms with Crippen LogP contribution >= 0.6 is 0 Å². The Morgan fingerprint density at radius 1 is 1.08 bits per heavy atom.